The molecule has 1 aliphatic heterocycles. The van der Waals surface area contributed by atoms with Gasteiger partial charge in [0, 0.05) is 6.42 Å². The van der Waals surface area contributed by atoms with Crippen LogP contribution in [0.1, 0.15) is 20.3 Å². The molecule has 1 rings (SSSR count). The zero-order valence-corrected chi connectivity index (χ0v) is 5.47. The van der Waals surface area contributed by atoms with E-state index >= 15 is 0 Å². The van der Waals surface area contributed by atoms with Crippen LogP contribution >= 0.6 is 0 Å². The molecule has 1 radical (unpaired) electrons. The Morgan fingerprint density at radius 1 is 1.89 bits per heavy atom. The number of hydrogen-bond donors (Lipinski definition) is 0. The third-order valence-corrected chi connectivity index (χ3v) is 1.21. The summed E-state index contributed by atoms with van der Waals surface area (Å²) in [6.07, 6.45) is 2.35. The SMILES string of the molecule is CC1=NOC(C)([C]=O)C1. The van der Waals surface area contributed by atoms with Crippen LogP contribution in [0.5, 0.6) is 0 Å². The normalized spacial score (nSPS) is 33.3. The number of rotatable bonds is 1. The van der Waals surface area contributed by atoms with Crippen molar-refractivity contribution in [2.45, 2.75) is 25.9 Å². The molecule has 0 aliphatic carbocycles. The number of nitrogens with zero attached hydrogens (tertiary/aromatic N) is 1. The molecule has 1 heterocycles. The summed E-state index contributed by atoms with van der Waals surface area (Å²) >= 11 is 0. The van der Waals surface area contributed by atoms with Gasteiger partial charge in [-0.1, -0.05) is 5.16 Å². The summed E-state index contributed by atoms with van der Waals surface area (Å²) in [4.78, 5) is 14.9. The van der Waals surface area contributed by atoms with Gasteiger partial charge >= 0.3 is 0 Å². The molecule has 0 fully saturated rings. The molecule has 0 saturated carbocycles. The topological polar surface area (TPSA) is 38.7 Å². The van der Waals surface area contributed by atoms with Gasteiger partial charge in [-0.2, -0.15) is 0 Å². The first-order chi connectivity index (χ1) is 4.16. The molecular formula is C6H8NO2. The van der Waals surface area contributed by atoms with Crippen LogP contribution in [0.3, 0.4) is 0 Å². The second-order valence-corrected chi connectivity index (χ2v) is 2.43. The van der Waals surface area contributed by atoms with Crippen molar-refractivity contribution in [1.82, 2.24) is 0 Å². The zero-order chi connectivity index (χ0) is 6.91. The monoisotopic (exact) mass is 126 g/mol. The van der Waals surface area contributed by atoms with E-state index in [-0.39, 0.29) is 0 Å². The van der Waals surface area contributed by atoms with Crippen molar-refractivity contribution < 1.29 is 9.63 Å². The largest absolute Gasteiger partial charge is 0.381 e. The molecule has 0 spiro atoms. The van der Waals surface area contributed by atoms with E-state index in [1.54, 1.807) is 13.2 Å². The van der Waals surface area contributed by atoms with Gasteiger partial charge in [-0.05, 0) is 13.8 Å². The first-order valence-electron chi connectivity index (χ1n) is 2.77. The van der Waals surface area contributed by atoms with Crippen molar-refractivity contribution in [2.24, 2.45) is 5.16 Å². The molecule has 9 heavy (non-hydrogen) atoms. The molecule has 3 nitrogen and oxygen atoms in total. The van der Waals surface area contributed by atoms with E-state index < -0.39 is 5.60 Å². The van der Waals surface area contributed by atoms with Gasteiger partial charge in [0.05, 0.1) is 5.71 Å². The molecule has 0 bridgehead atoms. The van der Waals surface area contributed by atoms with Gasteiger partial charge in [-0.3, -0.25) is 4.79 Å². The van der Waals surface area contributed by atoms with Crippen molar-refractivity contribution >= 4 is 12.0 Å². The van der Waals surface area contributed by atoms with Crippen LogP contribution < -0.4 is 0 Å². The lowest BCUT2D eigenvalue weighted by atomic mass is 10.0. The average molecular weight is 126 g/mol. The Morgan fingerprint density at radius 2 is 2.56 bits per heavy atom. The predicted molar refractivity (Wildman–Crippen MR) is 32.9 cm³/mol. The Labute approximate surface area is 53.7 Å². The second-order valence-electron chi connectivity index (χ2n) is 2.43. The Hall–Kier alpha value is -0.860. The number of carbonyl (C=O) groups excluding carboxylic acids is 1. The van der Waals surface area contributed by atoms with Crippen LogP contribution in [-0.2, 0) is 9.63 Å². The van der Waals surface area contributed by atoms with Crippen LogP contribution in [0.15, 0.2) is 5.16 Å². The highest BCUT2D eigenvalue weighted by molar-refractivity contribution is 5.87. The maximum atomic E-state index is 10.2. The molecular weight excluding hydrogens is 118 g/mol. The van der Waals surface area contributed by atoms with Crippen LogP contribution in [0.4, 0.5) is 0 Å². The van der Waals surface area contributed by atoms with Gasteiger partial charge in [0.1, 0.15) is 0 Å². The lowest BCUT2D eigenvalue weighted by Crippen LogP contribution is -2.25. The summed E-state index contributed by atoms with van der Waals surface area (Å²) in [6, 6.07) is 0. The minimum Gasteiger partial charge on any atom is -0.381 e. The molecule has 49 valence electrons. The van der Waals surface area contributed by atoms with Crippen LogP contribution in [0.2, 0.25) is 0 Å². The lowest BCUT2D eigenvalue weighted by Gasteiger charge is -2.09. The third kappa shape index (κ3) is 1.09. The van der Waals surface area contributed by atoms with Gasteiger partial charge in [0.15, 0.2) is 0 Å². The molecule has 0 aromatic rings. The molecule has 0 amide bonds. The van der Waals surface area contributed by atoms with Crippen molar-refractivity contribution in [3.63, 3.8) is 0 Å². The zero-order valence-electron chi connectivity index (χ0n) is 5.47. The minimum absolute atomic E-state index is 0.566. The molecule has 0 aromatic carbocycles. The van der Waals surface area contributed by atoms with E-state index in [4.69, 9.17) is 4.84 Å². The Kier molecular flexibility index (Phi) is 1.27. The maximum absolute atomic E-state index is 10.2. The fourth-order valence-corrected chi connectivity index (χ4v) is 0.786. The summed E-state index contributed by atoms with van der Waals surface area (Å²) in [5, 5.41) is 3.61. The van der Waals surface area contributed by atoms with Crippen molar-refractivity contribution in [3.05, 3.63) is 0 Å². The Balaban J connectivity index is 2.63. The third-order valence-electron chi connectivity index (χ3n) is 1.21. The Bertz CT molecular complexity index is 164. The molecule has 1 unspecified atom stereocenters. The van der Waals surface area contributed by atoms with E-state index in [2.05, 4.69) is 5.16 Å². The lowest BCUT2D eigenvalue weighted by molar-refractivity contribution is 0.0502. The van der Waals surface area contributed by atoms with Gasteiger partial charge in [0.2, 0.25) is 11.9 Å². The summed E-state index contributed by atoms with van der Waals surface area (Å²) in [6.45, 7) is 3.49. The molecule has 3 heteroatoms. The first-order valence-corrected chi connectivity index (χ1v) is 2.77. The van der Waals surface area contributed by atoms with E-state index in [1.807, 2.05) is 6.92 Å². The fraction of sp³-hybridized carbons (Fsp3) is 0.667. The van der Waals surface area contributed by atoms with E-state index in [9.17, 15) is 4.79 Å². The van der Waals surface area contributed by atoms with Crippen molar-refractivity contribution in [2.75, 3.05) is 0 Å². The predicted octanol–water partition coefficient (Wildman–Crippen LogP) is 0.651. The smallest absolute Gasteiger partial charge is 0.249 e. The van der Waals surface area contributed by atoms with Crippen LogP contribution in [-0.4, -0.2) is 17.6 Å². The summed E-state index contributed by atoms with van der Waals surface area (Å²) in [7, 11) is 0. The quantitative estimate of drug-likeness (QED) is 0.517. The van der Waals surface area contributed by atoms with E-state index in [1.165, 1.54) is 0 Å². The van der Waals surface area contributed by atoms with Gasteiger partial charge in [0.25, 0.3) is 0 Å². The molecule has 0 aromatic heterocycles. The molecule has 1 aliphatic rings. The van der Waals surface area contributed by atoms with Crippen molar-refractivity contribution in [3.8, 4) is 0 Å². The summed E-state index contributed by atoms with van der Waals surface area (Å²) < 4.78 is 0. The second kappa shape index (κ2) is 1.83. The number of hydrogen-bond acceptors (Lipinski definition) is 3. The number of oxime groups is 1. The van der Waals surface area contributed by atoms with Crippen LogP contribution in [0.25, 0.3) is 0 Å². The van der Waals surface area contributed by atoms with E-state index in [0.717, 1.165) is 5.71 Å². The van der Waals surface area contributed by atoms with Gasteiger partial charge in [-0.15, -0.1) is 0 Å². The maximum Gasteiger partial charge on any atom is 0.249 e. The summed E-state index contributed by atoms with van der Waals surface area (Å²) in [5.41, 5.74) is 0.0465. The first kappa shape index (κ1) is 6.26. The molecule has 0 N–H and O–H groups in total. The Morgan fingerprint density at radius 3 is 2.78 bits per heavy atom. The van der Waals surface area contributed by atoms with Crippen molar-refractivity contribution in [1.29, 1.82) is 0 Å². The molecule has 0 saturated heterocycles. The fourth-order valence-electron chi connectivity index (χ4n) is 0.786. The highest BCUT2D eigenvalue weighted by Gasteiger charge is 2.32. The standard InChI is InChI=1S/C6H8NO2/c1-5-3-6(2,4-8)9-7-5/h3H2,1-2H3. The highest BCUT2D eigenvalue weighted by atomic mass is 16.7. The average Bonchev–Trinajstić information content (AvgIpc) is 2.13. The van der Waals surface area contributed by atoms with Gasteiger partial charge < -0.3 is 4.84 Å². The van der Waals surface area contributed by atoms with Crippen LogP contribution in [0, 0.1) is 0 Å². The molecule has 1 atom stereocenters. The summed E-state index contributed by atoms with van der Waals surface area (Å²) in [5.74, 6) is 0. The van der Waals surface area contributed by atoms with Gasteiger partial charge in [-0.25, -0.2) is 0 Å². The highest BCUT2D eigenvalue weighted by Crippen LogP contribution is 2.19. The van der Waals surface area contributed by atoms with E-state index in [0.29, 0.717) is 6.42 Å². The minimum atomic E-state index is -0.802.